The van der Waals surface area contributed by atoms with Gasteiger partial charge < -0.3 is 33.8 Å². The van der Waals surface area contributed by atoms with Crippen LogP contribution in [0, 0.1) is 17.8 Å². The summed E-state index contributed by atoms with van der Waals surface area (Å²) >= 11 is 0. The summed E-state index contributed by atoms with van der Waals surface area (Å²) in [4.78, 5) is 73.4. The Balaban J connectivity index is 5.24. The van der Waals surface area contributed by atoms with Gasteiger partial charge in [-0.15, -0.1) is 0 Å². The Bertz CT molecular complexity index is 2120. The first-order chi connectivity index (χ1) is 53.3. The van der Waals surface area contributed by atoms with Gasteiger partial charge in [-0.1, -0.05) is 434 Å². The average molecular weight is 1610 g/mol. The Labute approximate surface area is 677 Å². The predicted octanol–water partition coefficient (Wildman–Crippen LogP) is 28.0. The first-order valence-electron chi connectivity index (χ1n) is 46.9. The van der Waals surface area contributed by atoms with E-state index in [1.54, 1.807) is 0 Å². The molecular formula is C91H178O17P2. The second kappa shape index (κ2) is 80.8. The van der Waals surface area contributed by atoms with Crippen LogP contribution in [-0.2, 0) is 65.4 Å². The van der Waals surface area contributed by atoms with Gasteiger partial charge in [-0.3, -0.25) is 37.3 Å². The lowest BCUT2D eigenvalue weighted by Crippen LogP contribution is -2.30. The van der Waals surface area contributed by atoms with Gasteiger partial charge in [0.25, 0.3) is 0 Å². The summed E-state index contributed by atoms with van der Waals surface area (Å²) < 4.78 is 69.1. The molecule has 0 bridgehead atoms. The number of carbonyl (C=O) groups excluding carboxylic acids is 4. The second-order valence-electron chi connectivity index (χ2n) is 33.7. The zero-order valence-electron chi connectivity index (χ0n) is 72.7. The van der Waals surface area contributed by atoms with Crippen LogP contribution in [0.4, 0.5) is 0 Å². The summed E-state index contributed by atoms with van der Waals surface area (Å²) in [5.41, 5.74) is 0. The Kier molecular flexibility index (Phi) is 79.4. The number of esters is 4. The van der Waals surface area contributed by atoms with Crippen molar-refractivity contribution in [3.05, 3.63) is 0 Å². The zero-order chi connectivity index (χ0) is 80.8. The van der Waals surface area contributed by atoms with Gasteiger partial charge in [-0.05, 0) is 43.4 Å². The molecule has 7 atom stereocenters. The van der Waals surface area contributed by atoms with Gasteiger partial charge in [0.2, 0.25) is 0 Å². The van der Waals surface area contributed by atoms with Gasteiger partial charge in [0, 0.05) is 25.7 Å². The molecule has 654 valence electrons. The fraction of sp³-hybridized carbons (Fsp3) is 0.956. The van der Waals surface area contributed by atoms with E-state index in [0.29, 0.717) is 25.7 Å². The summed E-state index contributed by atoms with van der Waals surface area (Å²) in [6.45, 7) is 12.1. The third-order valence-corrected chi connectivity index (χ3v) is 24.0. The fourth-order valence-electron chi connectivity index (χ4n) is 14.2. The number of aliphatic hydroxyl groups is 1. The maximum atomic E-state index is 13.2. The molecule has 0 fully saturated rings. The smallest absolute Gasteiger partial charge is 0.462 e. The average Bonchev–Trinajstić information content (AvgIpc) is 0.864. The molecular weight excluding hydrogens is 1430 g/mol. The molecule has 0 heterocycles. The van der Waals surface area contributed by atoms with E-state index in [2.05, 4.69) is 48.5 Å². The number of rotatable bonds is 89. The van der Waals surface area contributed by atoms with Gasteiger partial charge in [0.1, 0.15) is 19.3 Å². The molecule has 0 aromatic rings. The molecule has 17 nitrogen and oxygen atoms in total. The van der Waals surface area contributed by atoms with Crippen LogP contribution in [0.3, 0.4) is 0 Å². The quantitative estimate of drug-likeness (QED) is 0.0222. The molecule has 0 aliphatic rings. The summed E-state index contributed by atoms with van der Waals surface area (Å²) in [6, 6.07) is 0. The van der Waals surface area contributed by atoms with E-state index >= 15 is 0 Å². The molecule has 3 N–H and O–H groups in total. The van der Waals surface area contributed by atoms with Crippen LogP contribution in [0.25, 0.3) is 0 Å². The normalized spacial score (nSPS) is 14.3. The highest BCUT2D eigenvalue weighted by molar-refractivity contribution is 7.47. The highest BCUT2D eigenvalue weighted by Crippen LogP contribution is 2.45. The summed E-state index contributed by atoms with van der Waals surface area (Å²) in [5.74, 6) is 0.344. The van der Waals surface area contributed by atoms with Crippen LogP contribution >= 0.6 is 15.6 Å². The van der Waals surface area contributed by atoms with E-state index in [9.17, 15) is 43.2 Å². The molecule has 0 saturated carbocycles. The summed E-state index contributed by atoms with van der Waals surface area (Å²) in [6.07, 6.45) is 73.6. The number of ether oxygens (including phenoxy) is 4. The maximum Gasteiger partial charge on any atom is 0.472 e. The van der Waals surface area contributed by atoms with Crippen molar-refractivity contribution < 1.29 is 80.2 Å². The highest BCUT2D eigenvalue weighted by atomic mass is 31.2. The van der Waals surface area contributed by atoms with Crippen molar-refractivity contribution in [3.63, 3.8) is 0 Å². The van der Waals surface area contributed by atoms with Gasteiger partial charge in [-0.2, -0.15) is 0 Å². The number of phosphoric acid groups is 2. The Morgan fingerprint density at radius 3 is 0.691 bits per heavy atom. The van der Waals surface area contributed by atoms with Gasteiger partial charge >= 0.3 is 39.5 Å². The van der Waals surface area contributed by atoms with E-state index in [-0.39, 0.29) is 25.7 Å². The molecule has 19 heteroatoms. The van der Waals surface area contributed by atoms with Crippen molar-refractivity contribution in [2.75, 3.05) is 39.6 Å². The monoisotopic (exact) mass is 1610 g/mol. The van der Waals surface area contributed by atoms with Gasteiger partial charge in [0.15, 0.2) is 12.2 Å². The third kappa shape index (κ3) is 81.2. The number of hydrogen-bond acceptors (Lipinski definition) is 15. The molecule has 110 heavy (non-hydrogen) atoms. The third-order valence-electron chi connectivity index (χ3n) is 22.1. The van der Waals surface area contributed by atoms with Crippen LogP contribution in [0.2, 0.25) is 0 Å². The Morgan fingerprint density at radius 1 is 0.264 bits per heavy atom. The van der Waals surface area contributed by atoms with Gasteiger partial charge in [0.05, 0.1) is 26.4 Å². The minimum Gasteiger partial charge on any atom is -0.462 e. The highest BCUT2D eigenvalue weighted by Gasteiger charge is 2.31. The lowest BCUT2D eigenvalue weighted by molar-refractivity contribution is -0.161. The number of phosphoric ester groups is 2. The molecule has 0 aliphatic heterocycles. The van der Waals surface area contributed by atoms with Crippen molar-refractivity contribution in [2.45, 2.75) is 503 Å². The van der Waals surface area contributed by atoms with Crippen LogP contribution in [0.15, 0.2) is 0 Å². The van der Waals surface area contributed by atoms with Crippen LogP contribution in [0.1, 0.15) is 485 Å². The van der Waals surface area contributed by atoms with Crippen LogP contribution in [-0.4, -0.2) is 96.7 Å². The van der Waals surface area contributed by atoms with Crippen LogP contribution < -0.4 is 0 Å². The first kappa shape index (κ1) is 108. The van der Waals surface area contributed by atoms with E-state index in [0.717, 1.165) is 108 Å². The molecule has 0 radical (unpaired) electrons. The van der Waals surface area contributed by atoms with E-state index < -0.39 is 97.5 Å². The molecule has 0 aromatic carbocycles. The number of unbranched alkanes of at least 4 members (excludes halogenated alkanes) is 55. The van der Waals surface area contributed by atoms with E-state index in [4.69, 9.17) is 37.0 Å². The minimum atomic E-state index is -4.97. The molecule has 0 spiro atoms. The molecule has 0 saturated heterocycles. The standard InChI is InChI=1S/C91H178O17P2/c1-8-11-12-13-14-15-16-17-18-19-20-24-27-33-38-43-51-58-65-72-88(93)101-78-86(107-90(95)74-67-60-53-44-39-34-28-25-22-21-23-26-31-36-41-49-56-63-70-83(6)9-2)80-105-109(97,98)103-76-85(92)77-104-110(99,100)106-81-87(79-102-89(94)73-66-59-52-47-46-48-55-62-69-82(4)5)108-91(96)75-68-61-54-45-40-35-30-29-32-37-42-50-57-64-71-84(7)10-3/h82-87,92H,8-81H2,1-7H3,(H,97,98)(H,99,100)/t83?,84?,85-,86-,87-/m1/s1. The largest absolute Gasteiger partial charge is 0.472 e. The summed E-state index contributed by atoms with van der Waals surface area (Å²) in [5, 5.41) is 10.7. The molecule has 0 aromatic heterocycles. The molecule has 0 rings (SSSR count). The van der Waals surface area contributed by atoms with E-state index in [1.807, 2.05) is 0 Å². The van der Waals surface area contributed by atoms with Crippen molar-refractivity contribution in [1.29, 1.82) is 0 Å². The lowest BCUT2D eigenvalue weighted by Gasteiger charge is -2.21. The van der Waals surface area contributed by atoms with Crippen molar-refractivity contribution in [2.24, 2.45) is 17.8 Å². The van der Waals surface area contributed by atoms with Gasteiger partial charge in [-0.25, -0.2) is 9.13 Å². The fourth-order valence-corrected chi connectivity index (χ4v) is 15.8. The molecule has 4 unspecified atom stereocenters. The first-order valence-corrected chi connectivity index (χ1v) is 49.9. The number of aliphatic hydroxyl groups excluding tert-OH is 1. The van der Waals surface area contributed by atoms with E-state index in [1.165, 1.54) is 295 Å². The maximum absolute atomic E-state index is 13.2. The number of carbonyl (C=O) groups is 4. The molecule has 0 amide bonds. The Hall–Kier alpha value is -1.94. The topological polar surface area (TPSA) is 237 Å². The van der Waals surface area contributed by atoms with Crippen LogP contribution in [0.5, 0.6) is 0 Å². The summed E-state index contributed by atoms with van der Waals surface area (Å²) in [7, 11) is -9.94. The van der Waals surface area contributed by atoms with Crippen molar-refractivity contribution >= 4 is 39.5 Å². The van der Waals surface area contributed by atoms with Crippen molar-refractivity contribution in [1.82, 2.24) is 0 Å². The second-order valence-corrected chi connectivity index (χ2v) is 36.6. The zero-order valence-corrected chi connectivity index (χ0v) is 74.5. The predicted molar refractivity (Wildman–Crippen MR) is 455 cm³/mol. The Morgan fingerprint density at radius 2 is 0.464 bits per heavy atom. The molecule has 0 aliphatic carbocycles. The lowest BCUT2D eigenvalue weighted by atomic mass is 9.99. The minimum absolute atomic E-state index is 0.107. The van der Waals surface area contributed by atoms with Crippen molar-refractivity contribution in [3.8, 4) is 0 Å². The SMILES string of the molecule is CCCCCCCCCCCCCCCCCCCCCC(=O)OC[C@H](COP(=O)(O)OC[C@@H](O)COP(=O)(O)OC[C@@H](COC(=O)CCCCCCCCCCC(C)C)OC(=O)CCCCCCCCCCCCCCCCC(C)CC)OC(=O)CCCCCCCCCCCCCCCCCCCCC(C)CC. The number of hydrogen-bond donors (Lipinski definition) is 3.